The molecule has 0 bridgehead atoms. The van der Waals surface area contributed by atoms with Gasteiger partial charge >= 0.3 is 0 Å². The number of rotatable bonds is 6. The topological polar surface area (TPSA) is 63.7 Å². The molecule has 5 nitrogen and oxygen atoms in total. The van der Waals surface area contributed by atoms with Gasteiger partial charge in [0.2, 0.25) is 0 Å². The number of H-pyrrole nitrogens is 1. The van der Waals surface area contributed by atoms with Crippen molar-refractivity contribution in [1.29, 1.82) is 0 Å². The minimum Gasteiger partial charge on any atom is -0.492 e. The third kappa shape index (κ3) is 3.83. The summed E-state index contributed by atoms with van der Waals surface area (Å²) < 4.78 is 5.52. The number of aromatic nitrogens is 4. The van der Waals surface area contributed by atoms with Gasteiger partial charge in [-0.2, -0.15) is 5.10 Å². The first-order valence-corrected chi connectivity index (χ1v) is 9.09. The van der Waals surface area contributed by atoms with E-state index in [0.29, 0.717) is 12.5 Å². The molecule has 0 aliphatic heterocycles. The molecule has 0 radical (unpaired) electrons. The second-order valence-electron chi connectivity index (χ2n) is 5.87. The number of nitrogens with one attached hydrogen (secondary N) is 1. The van der Waals surface area contributed by atoms with Gasteiger partial charge in [0.25, 0.3) is 0 Å². The molecule has 1 aromatic carbocycles. The number of hydrogen-bond donors (Lipinski definition) is 1. The van der Waals surface area contributed by atoms with E-state index >= 15 is 0 Å². The lowest BCUT2D eigenvalue weighted by molar-refractivity contribution is 0.343. The maximum absolute atomic E-state index is 5.65. The van der Waals surface area contributed by atoms with Crippen molar-refractivity contribution in [2.24, 2.45) is 0 Å². The average Bonchev–Trinajstić information content (AvgIpc) is 3.23. The maximum atomic E-state index is 5.65. The molecule has 27 heavy (non-hydrogen) atoms. The predicted octanol–water partition coefficient (Wildman–Crippen LogP) is 4.82. The summed E-state index contributed by atoms with van der Waals surface area (Å²) in [6.07, 6.45) is 5.38. The minimum atomic E-state index is 0.467. The molecule has 0 amide bonds. The van der Waals surface area contributed by atoms with E-state index in [9.17, 15) is 0 Å². The second kappa shape index (κ2) is 8.01. The fourth-order valence-electron chi connectivity index (χ4n) is 2.85. The molecule has 3 aromatic heterocycles. The zero-order valence-electron chi connectivity index (χ0n) is 14.5. The quantitative estimate of drug-likeness (QED) is 0.490. The summed E-state index contributed by atoms with van der Waals surface area (Å²) >= 11 is 5.65. The predicted molar refractivity (Wildman–Crippen MR) is 107 cm³/mol. The van der Waals surface area contributed by atoms with E-state index in [1.165, 1.54) is 0 Å². The molecule has 0 aliphatic rings. The van der Waals surface area contributed by atoms with Crippen LogP contribution in [0.5, 0.6) is 5.75 Å². The maximum Gasteiger partial charge on any atom is 0.119 e. The fourth-order valence-corrected chi connectivity index (χ4v) is 2.92. The Hall–Kier alpha value is -3.18. The van der Waals surface area contributed by atoms with Gasteiger partial charge in [0.15, 0.2) is 0 Å². The summed E-state index contributed by atoms with van der Waals surface area (Å²) in [6.45, 7) is 0.491. The van der Waals surface area contributed by atoms with E-state index in [2.05, 4.69) is 20.2 Å². The van der Waals surface area contributed by atoms with Crippen LogP contribution in [-0.4, -0.2) is 32.7 Å². The number of pyridine rings is 2. The van der Waals surface area contributed by atoms with Crippen molar-refractivity contribution < 1.29 is 4.74 Å². The van der Waals surface area contributed by atoms with E-state index in [1.807, 2.05) is 60.8 Å². The van der Waals surface area contributed by atoms with Crippen LogP contribution in [0.4, 0.5) is 0 Å². The molecule has 3 heterocycles. The van der Waals surface area contributed by atoms with Gasteiger partial charge in [-0.25, -0.2) is 0 Å². The summed E-state index contributed by atoms with van der Waals surface area (Å²) in [4.78, 5) is 8.92. The van der Waals surface area contributed by atoms with Crippen molar-refractivity contribution in [3.05, 3.63) is 73.2 Å². The summed E-state index contributed by atoms with van der Waals surface area (Å²) in [5.74, 6) is 1.26. The van der Waals surface area contributed by atoms with Crippen molar-refractivity contribution >= 4 is 11.6 Å². The molecule has 0 atom stereocenters. The third-order valence-corrected chi connectivity index (χ3v) is 4.28. The highest BCUT2D eigenvalue weighted by Crippen LogP contribution is 2.31. The van der Waals surface area contributed by atoms with Gasteiger partial charge in [-0.3, -0.25) is 15.1 Å². The van der Waals surface area contributed by atoms with Crippen LogP contribution in [0, 0.1) is 0 Å². The molecule has 6 heteroatoms. The van der Waals surface area contributed by atoms with E-state index < -0.39 is 0 Å². The SMILES string of the molecule is ClCCOc1ccc(-c2cc(-c3cn[nH]c3-c3ccccn3)ccn2)cc1. The largest absolute Gasteiger partial charge is 0.492 e. The Morgan fingerprint density at radius 2 is 1.74 bits per heavy atom. The van der Waals surface area contributed by atoms with Crippen LogP contribution in [0.15, 0.2) is 73.2 Å². The van der Waals surface area contributed by atoms with E-state index in [0.717, 1.165) is 39.5 Å². The lowest BCUT2D eigenvalue weighted by Crippen LogP contribution is -1.97. The smallest absolute Gasteiger partial charge is 0.119 e. The molecular formula is C21H17ClN4O. The molecule has 1 N–H and O–H groups in total. The first-order chi connectivity index (χ1) is 13.3. The van der Waals surface area contributed by atoms with Gasteiger partial charge in [-0.05, 0) is 54.1 Å². The molecule has 134 valence electrons. The van der Waals surface area contributed by atoms with Crippen molar-refractivity contribution in [3.8, 4) is 39.5 Å². The summed E-state index contributed by atoms with van der Waals surface area (Å²) in [5.41, 5.74) is 5.64. The van der Waals surface area contributed by atoms with Crippen LogP contribution in [0.1, 0.15) is 0 Å². The highest BCUT2D eigenvalue weighted by atomic mass is 35.5. The molecule has 0 fully saturated rings. The van der Waals surface area contributed by atoms with Gasteiger partial charge in [0.05, 0.1) is 29.2 Å². The molecule has 4 rings (SSSR count). The summed E-state index contributed by atoms with van der Waals surface area (Å²) in [7, 11) is 0. The highest BCUT2D eigenvalue weighted by molar-refractivity contribution is 6.18. The Morgan fingerprint density at radius 3 is 2.52 bits per heavy atom. The standard InChI is InChI=1S/C21H17ClN4O/c22-9-12-27-17-6-4-15(5-7-17)20-13-16(8-11-24-20)18-14-25-26-21(18)19-3-1-2-10-23-19/h1-8,10-11,13-14H,9,12H2,(H,25,26). The van der Waals surface area contributed by atoms with Crippen molar-refractivity contribution in [2.45, 2.75) is 0 Å². The normalized spacial score (nSPS) is 10.7. The molecule has 0 saturated heterocycles. The van der Waals surface area contributed by atoms with Crippen LogP contribution in [0.2, 0.25) is 0 Å². The summed E-state index contributed by atoms with van der Waals surface area (Å²) in [5, 5.41) is 7.25. The molecule has 0 saturated carbocycles. The van der Waals surface area contributed by atoms with Crippen LogP contribution in [0.3, 0.4) is 0 Å². The monoisotopic (exact) mass is 376 g/mol. The highest BCUT2D eigenvalue weighted by Gasteiger charge is 2.12. The first-order valence-electron chi connectivity index (χ1n) is 8.55. The Kier molecular flexibility index (Phi) is 5.12. The number of benzene rings is 1. The Labute approximate surface area is 162 Å². The lowest BCUT2D eigenvalue weighted by atomic mass is 10.0. The summed E-state index contributed by atoms with van der Waals surface area (Å²) in [6, 6.07) is 17.7. The number of ether oxygens (including phenoxy) is 1. The Morgan fingerprint density at radius 1 is 0.889 bits per heavy atom. The Bertz CT molecular complexity index is 1020. The third-order valence-electron chi connectivity index (χ3n) is 4.13. The van der Waals surface area contributed by atoms with Crippen LogP contribution < -0.4 is 4.74 Å². The van der Waals surface area contributed by atoms with E-state index in [-0.39, 0.29) is 0 Å². The van der Waals surface area contributed by atoms with Crippen molar-refractivity contribution in [3.63, 3.8) is 0 Å². The van der Waals surface area contributed by atoms with Gasteiger partial charge < -0.3 is 4.74 Å². The van der Waals surface area contributed by atoms with Crippen LogP contribution >= 0.6 is 11.6 Å². The Balaban J connectivity index is 1.65. The number of alkyl halides is 1. The van der Waals surface area contributed by atoms with Crippen molar-refractivity contribution in [2.75, 3.05) is 12.5 Å². The lowest BCUT2D eigenvalue weighted by Gasteiger charge is -2.07. The van der Waals surface area contributed by atoms with Gasteiger partial charge in [-0.15, -0.1) is 11.6 Å². The van der Waals surface area contributed by atoms with Gasteiger partial charge in [0, 0.05) is 23.5 Å². The fraction of sp³-hybridized carbons (Fsp3) is 0.0952. The average molecular weight is 377 g/mol. The van der Waals surface area contributed by atoms with Gasteiger partial charge in [-0.1, -0.05) is 6.07 Å². The van der Waals surface area contributed by atoms with Crippen molar-refractivity contribution in [1.82, 2.24) is 20.2 Å². The molecule has 0 unspecified atom stereocenters. The number of aromatic amines is 1. The zero-order valence-corrected chi connectivity index (χ0v) is 15.2. The number of nitrogens with zero attached hydrogens (tertiary/aromatic N) is 3. The van der Waals surface area contributed by atoms with Gasteiger partial charge in [0.1, 0.15) is 12.4 Å². The zero-order chi connectivity index (χ0) is 18.5. The second-order valence-corrected chi connectivity index (χ2v) is 6.24. The minimum absolute atomic E-state index is 0.467. The van der Waals surface area contributed by atoms with E-state index in [1.54, 1.807) is 12.4 Å². The number of halogens is 1. The van der Waals surface area contributed by atoms with E-state index in [4.69, 9.17) is 16.3 Å². The molecule has 0 aliphatic carbocycles. The molecule has 0 spiro atoms. The molecule has 4 aromatic rings. The van der Waals surface area contributed by atoms with Crippen LogP contribution in [-0.2, 0) is 0 Å². The first kappa shape index (κ1) is 17.2. The molecular weight excluding hydrogens is 360 g/mol. The van der Waals surface area contributed by atoms with Crippen LogP contribution in [0.25, 0.3) is 33.8 Å². The number of hydrogen-bond acceptors (Lipinski definition) is 4.